The molecular weight excluding hydrogens is 266 g/mol. The molecule has 1 aliphatic carbocycles. The molecule has 1 aromatic rings. The van der Waals surface area contributed by atoms with Gasteiger partial charge in [0.2, 0.25) is 0 Å². The molecule has 3 nitrogen and oxygen atoms in total. The Bertz CT molecular complexity index is 405. The third kappa shape index (κ3) is 2.08. The van der Waals surface area contributed by atoms with E-state index < -0.39 is 0 Å². The van der Waals surface area contributed by atoms with Crippen LogP contribution in [-0.4, -0.2) is 9.97 Å². The molecule has 1 aliphatic rings. The molecule has 88 valence electrons. The summed E-state index contributed by atoms with van der Waals surface area (Å²) < 4.78 is 0.850. The molecule has 0 saturated heterocycles. The van der Waals surface area contributed by atoms with Crippen LogP contribution in [0.2, 0.25) is 0 Å². The summed E-state index contributed by atoms with van der Waals surface area (Å²) in [4.78, 5) is 9.08. The zero-order valence-electron chi connectivity index (χ0n) is 10.0. The van der Waals surface area contributed by atoms with Crippen molar-refractivity contribution in [2.24, 2.45) is 0 Å². The van der Waals surface area contributed by atoms with Crippen LogP contribution in [0, 0.1) is 0 Å². The number of aromatic nitrogens is 2. The van der Waals surface area contributed by atoms with Crippen LogP contribution in [0.1, 0.15) is 57.5 Å². The molecule has 4 heteroatoms. The Morgan fingerprint density at radius 3 is 2.31 bits per heavy atom. The van der Waals surface area contributed by atoms with Gasteiger partial charge in [0.15, 0.2) is 0 Å². The average molecular weight is 284 g/mol. The van der Waals surface area contributed by atoms with Gasteiger partial charge in [-0.25, -0.2) is 9.97 Å². The normalized spacial score (nSPS) is 17.2. The van der Waals surface area contributed by atoms with Gasteiger partial charge in [-0.05, 0) is 28.8 Å². The van der Waals surface area contributed by atoms with Gasteiger partial charge in [-0.1, -0.05) is 27.2 Å². The van der Waals surface area contributed by atoms with Crippen molar-refractivity contribution in [3.8, 4) is 0 Å². The first-order chi connectivity index (χ1) is 7.39. The lowest BCUT2D eigenvalue weighted by molar-refractivity contribution is 0.397. The fraction of sp³-hybridized carbons (Fsp3) is 0.667. The standard InChI is InChI=1S/C12H18BrN3/c1-12(2,3)9-8(13)10(14)16-11(15-9)7-5-4-6-7/h7H,4-6H2,1-3H3,(H2,14,15,16). The van der Waals surface area contributed by atoms with Gasteiger partial charge in [0.1, 0.15) is 11.6 Å². The average Bonchev–Trinajstić information content (AvgIpc) is 2.05. The van der Waals surface area contributed by atoms with E-state index in [2.05, 4.69) is 46.7 Å². The van der Waals surface area contributed by atoms with Gasteiger partial charge in [0.05, 0.1) is 10.2 Å². The molecule has 2 rings (SSSR count). The minimum atomic E-state index is -0.00557. The number of halogens is 1. The number of rotatable bonds is 1. The maximum absolute atomic E-state index is 5.94. The van der Waals surface area contributed by atoms with Gasteiger partial charge in [-0.15, -0.1) is 0 Å². The molecular formula is C12H18BrN3. The summed E-state index contributed by atoms with van der Waals surface area (Å²) in [6.45, 7) is 6.43. The summed E-state index contributed by atoms with van der Waals surface area (Å²) in [5.74, 6) is 2.02. The predicted octanol–water partition coefficient (Wildman–Crippen LogP) is 3.39. The second-order valence-corrected chi connectivity index (χ2v) is 6.30. The van der Waals surface area contributed by atoms with Gasteiger partial charge >= 0.3 is 0 Å². The number of nitrogens with two attached hydrogens (primary N) is 1. The van der Waals surface area contributed by atoms with Crippen LogP contribution in [-0.2, 0) is 5.41 Å². The van der Waals surface area contributed by atoms with Crippen molar-refractivity contribution < 1.29 is 0 Å². The van der Waals surface area contributed by atoms with Crippen LogP contribution in [0.5, 0.6) is 0 Å². The van der Waals surface area contributed by atoms with Crippen LogP contribution >= 0.6 is 15.9 Å². The molecule has 0 bridgehead atoms. The van der Waals surface area contributed by atoms with Gasteiger partial charge in [0.25, 0.3) is 0 Å². The van der Waals surface area contributed by atoms with E-state index in [1.165, 1.54) is 19.3 Å². The van der Waals surface area contributed by atoms with Gasteiger partial charge in [0, 0.05) is 11.3 Å². The third-order valence-corrected chi connectivity index (χ3v) is 3.86. The van der Waals surface area contributed by atoms with Crippen molar-refractivity contribution in [1.29, 1.82) is 0 Å². The van der Waals surface area contributed by atoms with Crippen molar-refractivity contribution in [2.75, 3.05) is 5.73 Å². The molecule has 1 heterocycles. The summed E-state index contributed by atoms with van der Waals surface area (Å²) in [7, 11) is 0. The Labute approximate surface area is 105 Å². The Hall–Kier alpha value is -0.640. The van der Waals surface area contributed by atoms with E-state index in [-0.39, 0.29) is 5.41 Å². The Balaban J connectivity index is 2.46. The molecule has 1 saturated carbocycles. The maximum Gasteiger partial charge on any atom is 0.141 e. The van der Waals surface area contributed by atoms with Crippen LogP contribution in [0.25, 0.3) is 0 Å². The molecule has 0 amide bonds. The fourth-order valence-electron chi connectivity index (χ4n) is 1.83. The lowest BCUT2D eigenvalue weighted by Crippen LogP contribution is -2.21. The van der Waals surface area contributed by atoms with Crippen LogP contribution < -0.4 is 5.73 Å². The van der Waals surface area contributed by atoms with Crippen molar-refractivity contribution in [1.82, 2.24) is 9.97 Å². The van der Waals surface area contributed by atoms with E-state index >= 15 is 0 Å². The molecule has 1 aromatic heterocycles. The van der Waals surface area contributed by atoms with Gasteiger partial charge in [-0.3, -0.25) is 0 Å². The molecule has 0 unspecified atom stereocenters. The van der Waals surface area contributed by atoms with E-state index in [4.69, 9.17) is 5.73 Å². The second-order valence-electron chi connectivity index (χ2n) is 5.51. The smallest absolute Gasteiger partial charge is 0.141 e. The lowest BCUT2D eigenvalue weighted by Gasteiger charge is -2.27. The zero-order valence-corrected chi connectivity index (χ0v) is 11.6. The van der Waals surface area contributed by atoms with E-state index in [9.17, 15) is 0 Å². The fourth-order valence-corrected chi connectivity index (χ4v) is 2.60. The number of hydrogen-bond acceptors (Lipinski definition) is 3. The summed E-state index contributed by atoms with van der Waals surface area (Å²) in [5, 5.41) is 0. The van der Waals surface area contributed by atoms with Gasteiger partial charge < -0.3 is 5.73 Å². The highest BCUT2D eigenvalue weighted by molar-refractivity contribution is 9.10. The zero-order chi connectivity index (χ0) is 11.9. The molecule has 2 N–H and O–H groups in total. The second kappa shape index (κ2) is 3.99. The number of nitrogen functional groups attached to an aromatic ring is 1. The summed E-state index contributed by atoms with van der Waals surface area (Å²) in [6.07, 6.45) is 3.68. The maximum atomic E-state index is 5.94. The molecule has 16 heavy (non-hydrogen) atoms. The quantitative estimate of drug-likeness (QED) is 0.860. The highest BCUT2D eigenvalue weighted by Crippen LogP contribution is 2.38. The van der Waals surface area contributed by atoms with Crippen molar-refractivity contribution in [3.05, 3.63) is 16.0 Å². The predicted molar refractivity (Wildman–Crippen MR) is 69.4 cm³/mol. The third-order valence-electron chi connectivity index (χ3n) is 3.07. The summed E-state index contributed by atoms with van der Waals surface area (Å²) >= 11 is 3.49. The first-order valence-electron chi connectivity index (χ1n) is 5.73. The monoisotopic (exact) mass is 283 g/mol. The minimum absolute atomic E-state index is 0.00557. The SMILES string of the molecule is CC(C)(C)c1nc(C2CCC2)nc(N)c1Br. The number of anilines is 1. The topological polar surface area (TPSA) is 51.8 Å². The highest BCUT2D eigenvalue weighted by Gasteiger charge is 2.27. The van der Waals surface area contributed by atoms with Crippen molar-refractivity contribution in [2.45, 2.75) is 51.4 Å². The van der Waals surface area contributed by atoms with Crippen molar-refractivity contribution >= 4 is 21.7 Å². The molecule has 0 aliphatic heterocycles. The first-order valence-corrected chi connectivity index (χ1v) is 6.52. The summed E-state index contributed by atoms with van der Waals surface area (Å²) in [5.41, 5.74) is 6.95. The highest BCUT2D eigenvalue weighted by atomic mass is 79.9. The lowest BCUT2D eigenvalue weighted by atomic mass is 9.84. The van der Waals surface area contributed by atoms with Gasteiger partial charge in [-0.2, -0.15) is 0 Å². The van der Waals surface area contributed by atoms with E-state index in [1.807, 2.05) is 0 Å². The Morgan fingerprint density at radius 2 is 1.88 bits per heavy atom. The molecule has 0 aromatic carbocycles. The van der Waals surface area contributed by atoms with Crippen LogP contribution in [0.4, 0.5) is 5.82 Å². The van der Waals surface area contributed by atoms with Crippen molar-refractivity contribution in [3.63, 3.8) is 0 Å². The molecule has 1 fully saturated rings. The largest absolute Gasteiger partial charge is 0.383 e. The molecule has 0 spiro atoms. The van der Waals surface area contributed by atoms with E-state index in [0.717, 1.165) is 16.0 Å². The molecule has 0 atom stereocenters. The van der Waals surface area contributed by atoms with Crippen LogP contribution in [0.3, 0.4) is 0 Å². The first kappa shape index (κ1) is 11.8. The van der Waals surface area contributed by atoms with E-state index in [0.29, 0.717) is 11.7 Å². The number of nitrogens with zero attached hydrogens (tertiary/aromatic N) is 2. The Morgan fingerprint density at radius 1 is 1.25 bits per heavy atom. The molecule has 0 radical (unpaired) electrons. The summed E-state index contributed by atoms with van der Waals surface area (Å²) in [6, 6.07) is 0. The van der Waals surface area contributed by atoms with Crippen LogP contribution in [0.15, 0.2) is 4.47 Å². The minimum Gasteiger partial charge on any atom is -0.383 e. The van der Waals surface area contributed by atoms with E-state index in [1.54, 1.807) is 0 Å². The number of hydrogen-bond donors (Lipinski definition) is 1. The Kier molecular flexibility index (Phi) is 2.95.